The summed E-state index contributed by atoms with van der Waals surface area (Å²) in [6, 6.07) is 1.18. The van der Waals surface area contributed by atoms with Gasteiger partial charge in [-0.25, -0.2) is 0 Å². The lowest BCUT2D eigenvalue weighted by atomic mass is 10.2. The second kappa shape index (κ2) is 4.85. The van der Waals surface area contributed by atoms with Gasteiger partial charge in [-0.15, -0.1) is 6.58 Å². The minimum Gasteiger partial charge on any atom is -0.348 e. The Morgan fingerprint density at radius 2 is 2.47 bits per heavy atom. The first-order chi connectivity index (χ1) is 7.16. The molecule has 0 aliphatic carbocycles. The van der Waals surface area contributed by atoms with Crippen LogP contribution >= 0.6 is 0 Å². The number of rotatable bonds is 4. The number of nitro groups is 1. The zero-order valence-electron chi connectivity index (χ0n) is 7.84. The van der Waals surface area contributed by atoms with Crippen molar-refractivity contribution >= 4 is 11.6 Å². The molecule has 0 fully saturated rings. The van der Waals surface area contributed by atoms with Gasteiger partial charge in [0.05, 0.1) is 4.92 Å². The third-order valence-corrected chi connectivity index (χ3v) is 1.65. The number of nitrogens with one attached hydrogen (secondary N) is 1. The molecular weight excluding hydrogens is 198 g/mol. The molecule has 0 bridgehead atoms. The minimum absolute atomic E-state index is 0.0515. The van der Waals surface area contributed by atoms with E-state index in [9.17, 15) is 14.9 Å². The molecule has 1 aromatic heterocycles. The standard InChI is InChI=1S/C9H9N3O3/c1-2-4-11-9(13)7-6-10-5-3-8(7)12(14)15/h2-3,5-6H,1,4H2,(H,11,13). The lowest BCUT2D eigenvalue weighted by Crippen LogP contribution is -2.24. The van der Waals surface area contributed by atoms with E-state index in [-0.39, 0.29) is 17.8 Å². The highest BCUT2D eigenvalue weighted by atomic mass is 16.6. The quantitative estimate of drug-likeness (QED) is 0.451. The van der Waals surface area contributed by atoms with Gasteiger partial charge >= 0.3 is 0 Å². The number of hydrogen-bond acceptors (Lipinski definition) is 4. The summed E-state index contributed by atoms with van der Waals surface area (Å²) >= 11 is 0. The first-order valence-corrected chi connectivity index (χ1v) is 4.14. The Labute approximate surface area is 85.8 Å². The Balaban J connectivity index is 2.97. The fourth-order valence-corrected chi connectivity index (χ4v) is 0.981. The molecule has 6 nitrogen and oxygen atoms in total. The number of pyridine rings is 1. The van der Waals surface area contributed by atoms with Gasteiger partial charge in [-0.3, -0.25) is 19.9 Å². The van der Waals surface area contributed by atoms with Crippen LogP contribution < -0.4 is 5.32 Å². The van der Waals surface area contributed by atoms with Gasteiger partial charge in [0.25, 0.3) is 11.6 Å². The fourth-order valence-electron chi connectivity index (χ4n) is 0.981. The molecule has 1 aromatic rings. The second-order valence-electron chi connectivity index (χ2n) is 2.65. The van der Waals surface area contributed by atoms with Crippen molar-refractivity contribution in [2.45, 2.75) is 0 Å². The van der Waals surface area contributed by atoms with E-state index in [1.165, 1.54) is 18.3 Å². The van der Waals surface area contributed by atoms with Gasteiger partial charge in [-0.2, -0.15) is 0 Å². The van der Waals surface area contributed by atoms with Crippen molar-refractivity contribution in [3.05, 3.63) is 46.8 Å². The van der Waals surface area contributed by atoms with Crippen molar-refractivity contribution in [3.8, 4) is 0 Å². The Morgan fingerprint density at radius 3 is 3.07 bits per heavy atom. The van der Waals surface area contributed by atoms with E-state index in [2.05, 4.69) is 16.9 Å². The highest BCUT2D eigenvalue weighted by molar-refractivity contribution is 5.97. The summed E-state index contributed by atoms with van der Waals surface area (Å²) in [5.41, 5.74) is -0.309. The zero-order chi connectivity index (χ0) is 11.3. The average Bonchev–Trinajstić information content (AvgIpc) is 2.25. The number of nitrogens with zero attached hydrogens (tertiary/aromatic N) is 2. The van der Waals surface area contributed by atoms with E-state index in [4.69, 9.17) is 0 Å². The molecule has 0 saturated carbocycles. The Kier molecular flexibility index (Phi) is 3.50. The molecule has 0 saturated heterocycles. The SMILES string of the molecule is C=CCNC(=O)c1cnccc1[N+](=O)[O-]. The summed E-state index contributed by atoms with van der Waals surface area (Å²) in [6.07, 6.45) is 3.92. The van der Waals surface area contributed by atoms with E-state index >= 15 is 0 Å². The van der Waals surface area contributed by atoms with Crippen LogP contribution in [0.2, 0.25) is 0 Å². The molecule has 0 aliphatic rings. The van der Waals surface area contributed by atoms with Crippen molar-refractivity contribution < 1.29 is 9.72 Å². The third-order valence-electron chi connectivity index (χ3n) is 1.65. The van der Waals surface area contributed by atoms with Crippen LogP contribution in [0, 0.1) is 10.1 Å². The first kappa shape index (κ1) is 10.8. The van der Waals surface area contributed by atoms with Crippen molar-refractivity contribution in [1.82, 2.24) is 10.3 Å². The van der Waals surface area contributed by atoms with Crippen LogP contribution in [-0.2, 0) is 0 Å². The molecule has 0 aliphatic heterocycles. The lowest BCUT2D eigenvalue weighted by Gasteiger charge is -2.01. The summed E-state index contributed by atoms with van der Waals surface area (Å²) in [5, 5.41) is 13.0. The van der Waals surface area contributed by atoms with Crippen molar-refractivity contribution in [3.63, 3.8) is 0 Å². The van der Waals surface area contributed by atoms with Gasteiger partial charge in [-0.05, 0) is 0 Å². The predicted octanol–water partition coefficient (Wildman–Crippen LogP) is 0.906. The molecule has 1 rings (SSSR count). The van der Waals surface area contributed by atoms with Crippen LogP contribution in [0.25, 0.3) is 0 Å². The monoisotopic (exact) mass is 207 g/mol. The Hall–Kier alpha value is -2.24. The molecule has 1 amide bonds. The van der Waals surface area contributed by atoms with Crippen molar-refractivity contribution in [2.24, 2.45) is 0 Å². The van der Waals surface area contributed by atoms with Crippen LogP contribution in [0.4, 0.5) is 5.69 Å². The second-order valence-corrected chi connectivity index (χ2v) is 2.65. The van der Waals surface area contributed by atoms with Crippen LogP contribution in [0.1, 0.15) is 10.4 Å². The molecule has 6 heteroatoms. The third kappa shape index (κ3) is 2.60. The molecule has 0 unspecified atom stereocenters. The molecule has 15 heavy (non-hydrogen) atoms. The van der Waals surface area contributed by atoms with Crippen LogP contribution in [0.3, 0.4) is 0 Å². The first-order valence-electron chi connectivity index (χ1n) is 4.14. The smallest absolute Gasteiger partial charge is 0.285 e. The minimum atomic E-state index is -0.621. The topological polar surface area (TPSA) is 85.1 Å². The van der Waals surface area contributed by atoms with E-state index in [0.29, 0.717) is 0 Å². The zero-order valence-corrected chi connectivity index (χ0v) is 7.84. The van der Waals surface area contributed by atoms with Gasteiger partial charge in [0, 0.05) is 25.0 Å². The predicted molar refractivity (Wildman–Crippen MR) is 53.4 cm³/mol. The van der Waals surface area contributed by atoms with E-state index in [1.54, 1.807) is 0 Å². The maximum atomic E-state index is 11.4. The molecule has 0 atom stereocenters. The van der Waals surface area contributed by atoms with Gasteiger partial charge in [-0.1, -0.05) is 6.08 Å². The summed E-state index contributed by atoms with van der Waals surface area (Å²) in [5.74, 6) is -0.533. The number of amides is 1. The van der Waals surface area contributed by atoms with E-state index in [1.807, 2.05) is 0 Å². The fraction of sp³-hybridized carbons (Fsp3) is 0.111. The molecular formula is C9H9N3O3. The molecule has 0 radical (unpaired) electrons. The van der Waals surface area contributed by atoms with Crippen LogP contribution in [-0.4, -0.2) is 22.4 Å². The van der Waals surface area contributed by atoms with Gasteiger partial charge in [0.1, 0.15) is 5.56 Å². The molecule has 0 aromatic carbocycles. The molecule has 1 N–H and O–H groups in total. The molecule has 78 valence electrons. The van der Waals surface area contributed by atoms with Crippen molar-refractivity contribution in [2.75, 3.05) is 6.54 Å². The number of hydrogen-bond donors (Lipinski definition) is 1. The summed E-state index contributed by atoms with van der Waals surface area (Å²) in [6.45, 7) is 3.67. The average molecular weight is 207 g/mol. The van der Waals surface area contributed by atoms with Gasteiger partial charge < -0.3 is 5.32 Å². The highest BCUT2D eigenvalue weighted by Crippen LogP contribution is 2.15. The van der Waals surface area contributed by atoms with E-state index < -0.39 is 10.8 Å². The van der Waals surface area contributed by atoms with Gasteiger partial charge in [0.15, 0.2) is 0 Å². The maximum Gasteiger partial charge on any atom is 0.285 e. The van der Waals surface area contributed by atoms with Crippen LogP contribution in [0.15, 0.2) is 31.1 Å². The summed E-state index contributed by atoms with van der Waals surface area (Å²) < 4.78 is 0. The normalized spacial score (nSPS) is 9.33. The Morgan fingerprint density at radius 1 is 1.73 bits per heavy atom. The summed E-state index contributed by atoms with van der Waals surface area (Å²) in [4.78, 5) is 25.0. The largest absolute Gasteiger partial charge is 0.348 e. The summed E-state index contributed by atoms with van der Waals surface area (Å²) in [7, 11) is 0. The highest BCUT2D eigenvalue weighted by Gasteiger charge is 2.18. The number of aromatic nitrogens is 1. The van der Waals surface area contributed by atoms with Crippen molar-refractivity contribution in [1.29, 1.82) is 0 Å². The Bertz CT molecular complexity index is 403. The molecule has 0 spiro atoms. The van der Waals surface area contributed by atoms with Gasteiger partial charge in [0.2, 0.25) is 0 Å². The van der Waals surface area contributed by atoms with Crippen LogP contribution in [0.5, 0.6) is 0 Å². The number of carbonyl (C=O) groups excluding carboxylic acids is 1. The van der Waals surface area contributed by atoms with E-state index in [0.717, 1.165) is 6.20 Å². The number of carbonyl (C=O) groups is 1. The lowest BCUT2D eigenvalue weighted by molar-refractivity contribution is -0.385. The maximum absolute atomic E-state index is 11.4. The molecule has 1 heterocycles.